The van der Waals surface area contributed by atoms with Crippen molar-refractivity contribution in [3.63, 3.8) is 0 Å². The number of hydrogen-bond donors (Lipinski definition) is 1. The third-order valence-corrected chi connectivity index (χ3v) is 9.64. The summed E-state index contributed by atoms with van der Waals surface area (Å²) in [6.07, 6.45) is 5.26. The van der Waals surface area contributed by atoms with Crippen LogP contribution in [0.2, 0.25) is 10.0 Å². The van der Waals surface area contributed by atoms with Crippen molar-refractivity contribution in [1.29, 1.82) is 0 Å². The van der Waals surface area contributed by atoms with Crippen LogP contribution in [-0.4, -0.2) is 79.2 Å². The van der Waals surface area contributed by atoms with Gasteiger partial charge < -0.3 is 33.7 Å². The number of esters is 2. The summed E-state index contributed by atoms with van der Waals surface area (Å²) >= 11 is 18.6. The molecular weight excluding hydrogens is 755 g/mol. The Balaban J connectivity index is 0.000000361. The molecule has 1 fully saturated rings. The molecule has 3 aliphatic rings. The second-order valence-corrected chi connectivity index (χ2v) is 16.6. The van der Waals surface area contributed by atoms with Crippen LogP contribution in [0.4, 0.5) is 0 Å². The number of halogens is 3. The van der Waals surface area contributed by atoms with Crippen LogP contribution in [0.15, 0.2) is 24.3 Å². The van der Waals surface area contributed by atoms with Gasteiger partial charge in [-0.3, -0.25) is 14.5 Å². The number of carbonyl (C=O) groups is 2. The average molecular weight is 818 g/mol. The summed E-state index contributed by atoms with van der Waals surface area (Å²) in [5, 5.41) is 4.62. The molecule has 1 saturated heterocycles. The van der Waals surface area contributed by atoms with E-state index < -0.39 is 11.2 Å². The van der Waals surface area contributed by atoms with Crippen molar-refractivity contribution in [3.05, 3.63) is 45.4 Å². The van der Waals surface area contributed by atoms with Crippen LogP contribution in [0.25, 0.3) is 0 Å². The molecule has 306 valence electrons. The SMILES string of the molecule is C.C.CC(C)(C)OC(=O)C[C@@H](Cc1cc2c(cc1Cl)OCO2)NCCCCl.CCCN1CCC[C@@H](C(=O)OC(C)(C)C)[C@H]1Cc1cc2c(cc1Cl)OCO2. The second-order valence-electron chi connectivity index (χ2n) is 15.4. The van der Waals surface area contributed by atoms with Gasteiger partial charge in [0.15, 0.2) is 23.0 Å². The fourth-order valence-corrected chi connectivity index (χ4v) is 7.11. The zero-order valence-corrected chi connectivity index (χ0v) is 33.8. The molecular formula is C41H63Cl3N2O8. The van der Waals surface area contributed by atoms with E-state index in [2.05, 4.69) is 17.1 Å². The van der Waals surface area contributed by atoms with Crippen molar-refractivity contribution in [2.75, 3.05) is 39.1 Å². The first kappa shape index (κ1) is 47.5. The lowest BCUT2D eigenvalue weighted by atomic mass is 9.84. The lowest BCUT2D eigenvalue weighted by molar-refractivity contribution is -0.164. The molecule has 0 saturated carbocycles. The molecule has 13 heteroatoms. The third kappa shape index (κ3) is 14.5. The molecule has 5 rings (SSSR count). The van der Waals surface area contributed by atoms with Crippen molar-refractivity contribution in [2.24, 2.45) is 5.92 Å². The molecule has 0 spiro atoms. The van der Waals surface area contributed by atoms with Crippen LogP contribution in [-0.2, 0) is 31.9 Å². The van der Waals surface area contributed by atoms with Gasteiger partial charge in [0.1, 0.15) is 11.2 Å². The fraction of sp³-hybridized carbons (Fsp3) is 0.659. The number of fused-ring (bicyclic) bond motifs is 2. The minimum atomic E-state index is -0.506. The van der Waals surface area contributed by atoms with E-state index in [4.69, 9.17) is 63.2 Å². The predicted octanol–water partition coefficient (Wildman–Crippen LogP) is 9.65. The number of nitrogens with one attached hydrogen (secondary N) is 1. The van der Waals surface area contributed by atoms with Gasteiger partial charge in [0.25, 0.3) is 0 Å². The monoisotopic (exact) mass is 816 g/mol. The van der Waals surface area contributed by atoms with E-state index in [1.54, 1.807) is 6.07 Å². The van der Waals surface area contributed by atoms with Gasteiger partial charge in [-0.15, -0.1) is 11.6 Å². The maximum Gasteiger partial charge on any atom is 0.311 e. The van der Waals surface area contributed by atoms with E-state index >= 15 is 0 Å². The van der Waals surface area contributed by atoms with E-state index in [0.717, 1.165) is 62.2 Å². The van der Waals surface area contributed by atoms with Gasteiger partial charge in [0.05, 0.1) is 12.3 Å². The van der Waals surface area contributed by atoms with Crippen LogP contribution < -0.4 is 24.3 Å². The van der Waals surface area contributed by atoms with E-state index in [0.29, 0.717) is 46.0 Å². The largest absolute Gasteiger partial charge is 0.460 e. The minimum absolute atomic E-state index is 0. The molecule has 3 atom stereocenters. The fourth-order valence-electron chi connectivity index (χ4n) is 6.51. The molecule has 0 unspecified atom stereocenters. The molecule has 3 aliphatic heterocycles. The Morgan fingerprint density at radius 1 is 0.870 bits per heavy atom. The zero-order chi connectivity index (χ0) is 38.1. The average Bonchev–Trinajstić information content (AvgIpc) is 3.69. The number of piperidine rings is 1. The molecule has 1 N–H and O–H groups in total. The van der Waals surface area contributed by atoms with Gasteiger partial charge in [0, 0.05) is 40.1 Å². The van der Waals surface area contributed by atoms with Crippen molar-refractivity contribution < 1.29 is 38.0 Å². The maximum atomic E-state index is 12.9. The first-order valence-electron chi connectivity index (χ1n) is 18.2. The smallest absolute Gasteiger partial charge is 0.311 e. The first-order valence-corrected chi connectivity index (χ1v) is 19.5. The molecule has 0 aromatic heterocycles. The topological polar surface area (TPSA) is 105 Å². The van der Waals surface area contributed by atoms with Crippen molar-refractivity contribution in [3.8, 4) is 23.0 Å². The number of hydrogen-bond acceptors (Lipinski definition) is 10. The zero-order valence-electron chi connectivity index (χ0n) is 31.6. The van der Waals surface area contributed by atoms with Crippen LogP contribution >= 0.6 is 34.8 Å². The second kappa shape index (κ2) is 21.6. The molecule has 2 aromatic carbocycles. The van der Waals surface area contributed by atoms with Gasteiger partial charge >= 0.3 is 11.9 Å². The summed E-state index contributed by atoms with van der Waals surface area (Å²) in [7, 11) is 0. The van der Waals surface area contributed by atoms with Crippen LogP contribution in [0, 0.1) is 5.92 Å². The summed E-state index contributed by atoms with van der Waals surface area (Å²) in [5.41, 5.74) is 0.902. The third-order valence-electron chi connectivity index (χ3n) is 8.67. The summed E-state index contributed by atoms with van der Waals surface area (Å²) in [4.78, 5) is 27.5. The van der Waals surface area contributed by atoms with E-state index in [1.807, 2.05) is 59.7 Å². The molecule has 54 heavy (non-hydrogen) atoms. The van der Waals surface area contributed by atoms with E-state index in [1.165, 1.54) is 0 Å². The Morgan fingerprint density at radius 2 is 1.41 bits per heavy atom. The van der Waals surface area contributed by atoms with Crippen molar-refractivity contribution in [2.45, 2.75) is 132 Å². The summed E-state index contributed by atoms with van der Waals surface area (Å²) in [5.74, 6) is 2.80. The summed E-state index contributed by atoms with van der Waals surface area (Å²) in [6.45, 7) is 16.6. The number of alkyl halides is 1. The predicted molar refractivity (Wildman–Crippen MR) is 218 cm³/mol. The molecule has 0 amide bonds. The Morgan fingerprint density at radius 3 is 1.94 bits per heavy atom. The highest BCUT2D eigenvalue weighted by Gasteiger charge is 2.38. The Bertz CT molecular complexity index is 1510. The summed E-state index contributed by atoms with van der Waals surface area (Å²) in [6, 6.07) is 7.37. The quantitative estimate of drug-likeness (QED) is 0.119. The van der Waals surface area contributed by atoms with E-state index in [9.17, 15) is 9.59 Å². The van der Waals surface area contributed by atoms with Crippen LogP contribution in [0.1, 0.15) is 107 Å². The highest BCUT2D eigenvalue weighted by Crippen LogP contribution is 2.40. The molecule has 0 radical (unpaired) electrons. The van der Waals surface area contributed by atoms with Crippen LogP contribution in [0.5, 0.6) is 23.0 Å². The Labute approximate surface area is 338 Å². The van der Waals surface area contributed by atoms with Gasteiger partial charge in [-0.25, -0.2) is 0 Å². The number of carbonyl (C=O) groups excluding carboxylic acids is 2. The molecule has 3 heterocycles. The lowest BCUT2D eigenvalue weighted by Gasteiger charge is -2.41. The van der Waals surface area contributed by atoms with Crippen molar-refractivity contribution >= 4 is 46.7 Å². The number of benzene rings is 2. The highest BCUT2D eigenvalue weighted by atomic mass is 35.5. The Kier molecular flexibility index (Phi) is 19.0. The molecule has 2 aromatic rings. The highest BCUT2D eigenvalue weighted by molar-refractivity contribution is 6.32. The number of rotatable bonds is 13. The van der Waals surface area contributed by atoms with Gasteiger partial charge in [-0.2, -0.15) is 0 Å². The maximum absolute atomic E-state index is 12.9. The molecule has 10 nitrogen and oxygen atoms in total. The minimum Gasteiger partial charge on any atom is -0.460 e. The van der Waals surface area contributed by atoms with E-state index in [-0.39, 0.29) is 64.8 Å². The van der Waals surface area contributed by atoms with Gasteiger partial charge in [-0.1, -0.05) is 45.0 Å². The van der Waals surface area contributed by atoms with Gasteiger partial charge in [0.2, 0.25) is 13.6 Å². The standard InChI is InChI=1S/C21H30ClNO4.C18H25Cl2NO4.2CH4/c1-5-8-23-9-6-7-15(20(24)27-21(2,3)4)17(23)10-14-11-18-19(12-16(14)22)26-13-25-18;1-18(2,3)25-17(22)9-13(21-6-4-5-19)7-12-8-15-16(10-14(12)20)24-11-23-15;;/h11-12,15,17H,5-10,13H2,1-4H3;8,10,13,21H,4-7,9,11H2,1-3H3;2*1H4/t15-,17-;13-;;/m11../s1. The molecule has 0 bridgehead atoms. The van der Waals surface area contributed by atoms with Crippen LogP contribution in [0.3, 0.4) is 0 Å². The lowest BCUT2D eigenvalue weighted by Crippen LogP contribution is -2.50. The summed E-state index contributed by atoms with van der Waals surface area (Å²) < 4.78 is 32.8. The Hall–Kier alpha value is -2.63. The number of likely N-dealkylation sites (tertiary alicyclic amines) is 1. The van der Waals surface area contributed by atoms with Gasteiger partial charge in [-0.05, 0) is 123 Å². The number of nitrogens with zero attached hydrogens (tertiary/aromatic N) is 1. The molecule has 0 aliphatic carbocycles. The first-order chi connectivity index (χ1) is 24.6. The number of ether oxygens (including phenoxy) is 6. The van der Waals surface area contributed by atoms with Crippen molar-refractivity contribution in [1.82, 2.24) is 10.2 Å². The normalized spacial score (nSPS) is 18.0.